The van der Waals surface area contributed by atoms with Gasteiger partial charge < -0.3 is 14.9 Å². The molecule has 1 aromatic heterocycles. The van der Waals surface area contributed by atoms with Gasteiger partial charge >= 0.3 is 12.0 Å². The van der Waals surface area contributed by atoms with Gasteiger partial charge in [0.25, 0.3) is 0 Å². The molecule has 0 atom stereocenters. The highest BCUT2D eigenvalue weighted by atomic mass is 16.4. The van der Waals surface area contributed by atoms with Gasteiger partial charge in [0.2, 0.25) is 0 Å². The van der Waals surface area contributed by atoms with Gasteiger partial charge in [-0.1, -0.05) is 0 Å². The number of carbonyl (C=O) groups is 2. The van der Waals surface area contributed by atoms with Gasteiger partial charge in [-0.15, -0.1) is 0 Å². The Morgan fingerprint density at radius 1 is 1.43 bits per heavy atom. The van der Waals surface area contributed by atoms with E-state index in [1.807, 2.05) is 13.2 Å². The Kier molecular flexibility index (Phi) is 4.20. The van der Waals surface area contributed by atoms with E-state index < -0.39 is 11.4 Å². The molecule has 1 saturated heterocycles. The molecule has 21 heavy (non-hydrogen) atoms. The second-order valence-corrected chi connectivity index (χ2v) is 6.01. The number of aliphatic carboxylic acids is 1. The maximum Gasteiger partial charge on any atom is 0.320 e. The van der Waals surface area contributed by atoms with Gasteiger partial charge in [0.1, 0.15) is 0 Å². The van der Waals surface area contributed by atoms with Crippen molar-refractivity contribution in [3.8, 4) is 0 Å². The van der Waals surface area contributed by atoms with E-state index in [9.17, 15) is 14.7 Å². The molecule has 1 aliphatic heterocycles. The number of hydrogen-bond acceptors (Lipinski definition) is 3. The summed E-state index contributed by atoms with van der Waals surface area (Å²) >= 11 is 0. The van der Waals surface area contributed by atoms with Crippen molar-refractivity contribution in [3.63, 3.8) is 0 Å². The highest BCUT2D eigenvalue weighted by molar-refractivity contribution is 5.77. The number of carboxylic acid groups (broad SMARTS) is 1. The van der Waals surface area contributed by atoms with Crippen molar-refractivity contribution < 1.29 is 14.7 Å². The van der Waals surface area contributed by atoms with Gasteiger partial charge in [0.05, 0.1) is 18.2 Å². The lowest BCUT2D eigenvalue weighted by Gasteiger charge is -2.38. The number of carbonyl (C=O) groups excluding carboxylic acids is 1. The molecule has 1 aromatic rings. The van der Waals surface area contributed by atoms with Crippen LogP contribution in [0.4, 0.5) is 4.79 Å². The Morgan fingerprint density at radius 2 is 2.05 bits per heavy atom. The maximum absolute atomic E-state index is 12.4. The number of urea groups is 1. The number of likely N-dealkylation sites (tertiary alicyclic amines) is 1. The predicted molar refractivity (Wildman–Crippen MR) is 76.6 cm³/mol. The van der Waals surface area contributed by atoms with Gasteiger partial charge in [-0.3, -0.25) is 9.48 Å². The zero-order valence-corrected chi connectivity index (χ0v) is 12.7. The Balaban J connectivity index is 1.91. The fraction of sp³-hybridized carbons (Fsp3) is 0.643. The second-order valence-electron chi connectivity index (χ2n) is 6.01. The zero-order chi connectivity index (χ0) is 15.6. The Hall–Kier alpha value is -2.05. The van der Waals surface area contributed by atoms with Crippen LogP contribution in [0.5, 0.6) is 0 Å². The highest BCUT2D eigenvalue weighted by Gasteiger charge is 2.38. The van der Waals surface area contributed by atoms with Crippen molar-refractivity contribution in [2.45, 2.75) is 26.3 Å². The third-order valence-electron chi connectivity index (χ3n) is 4.16. The molecular weight excluding hydrogens is 272 g/mol. The van der Waals surface area contributed by atoms with Crippen molar-refractivity contribution in [1.29, 1.82) is 0 Å². The summed E-state index contributed by atoms with van der Waals surface area (Å²) in [5.74, 6) is -0.779. The van der Waals surface area contributed by atoms with Gasteiger partial charge in [-0.05, 0) is 19.8 Å². The standard InChI is InChI=1S/C14H22N4O3/c1-14(12(19)20)4-6-18(7-5-14)13(21)16(2)9-11-8-15-17(3)10-11/h8,10H,4-7,9H2,1-3H3,(H,19,20). The van der Waals surface area contributed by atoms with E-state index in [1.165, 1.54) is 0 Å². The fourth-order valence-corrected chi connectivity index (χ4v) is 2.54. The van der Waals surface area contributed by atoms with Crippen molar-refractivity contribution in [2.24, 2.45) is 12.5 Å². The molecular formula is C14H22N4O3. The monoisotopic (exact) mass is 294 g/mol. The van der Waals surface area contributed by atoms with E-state index in [4.69, 9.17) is 0 Å². The molecule has 0 saturated carbocycles. The van der Waals surface area contributed by atoms with E-state index >= 15 is 0 Å². The first-order valence-corrected chi connectivity index (χ1v) is 7.03. The van der Waals surface area contributed by atoms with Crippen LogP contribution in [-0.4, -0.2) is 56.8 Å². The molecule has 0 aliphatic carbocycles. The van der Waals surface area contributed by atoms with E-state index in [0.717, 1.165) is 5.56 Å². The van der Waals surface area contributed by atoms with Gasteiger partial charge in [0.15, 0.2) is 0 Å². The van der Waals surface area contributed by atoms with Crippen molar-refractivity contribution in [3.05, 3.63) is 18.0 Å². The average molecular weight is 294 g/mol. The second kappa shape index (κ2) is 5.75. The minimum Gasteiger partial charge on any atom is -0.481 e. The van der Waals surface area contributed by atoms with Crippen LogP contribution in [0.3, 0.4) is 0 Å². The summed E-state index contributed by atoms with van der Waals surface area (Å²) in [6.45, 7) is 3.22. The summed E-state index contributed by atoms with van der Waals surface area (Å²) in [4.78, 5) is 26.9. The number of aromatic nitrogens is 2. The van der Waals surface area contributed by atoms with Crippen molar-refractivity contribution >= 4 is 12.0 Å². The molecule has 0 spiro atoms. The van der Waals surface area contributed by atoms with Crippen LogP contribution < -0.4 is 0 Å². The van der Waals surface area contributed by atoms with Crippen LogP contribution >= 0.6 is 0 Å². The molecule has 7 nitrogen and oxygen atoms in total. The van der Waals surface area contributed by atoms with Crippen molar-refractivity contribution in [1.82, 2.24) is 19.6 Å². The van der Waals surface area contributed by atoms with Crippen LogP contribution in [-0.2, 0) is 18.4 Å². The third kappa shape index (κ3) is 3.34. The number of nitrogens with zero attached hydrogens (tertiary/aromatic N) is 4. The normalized spacial score (nSPS) is 17.6. The van der Waals surface area contributed by atoms with Crippen LogP contribution in [0.1, 0.15) is 25.3 Å². The fourth-order valence-electron chi connectivity index (χ4n) is 2.54. The summed E-state index contributed by atoms with van der Waals surface area (Å²) in [5, 5.41) is 13.3. The molecule has 2 heterocycles. The smallest absolute Gasteiger partial charge is 0.320 e. The van der Waals surface area contributed by atoms with Gasteiger partial charge in [-0.25, -0.2) is 4.79 Å². The molecule has 1 fully saturated rings. The predicted octanol–water partition coefficient (Wildman–Crippen LogP) is 1.16. The maximum atomic E-state index is 12.4. The van der Waals surface area contributed by atoms with E-state index in [1.54, 1.807) is 34.6 Å². The summed E-state index contributed by atoms with van der Waals surface area (Å²) in [6.07, 6.45) is 4.60. The number of piperidine rings is 1. The molecule has 7 heteroatoms. The molecule has 2 rings (SSSR count). The van der Waals surface area contributed by atoms with Crippen LogP contribution in [0.25, 0.3) is 0 Å². The van der Waals surface area contributed by atoms with E-state index in [2.05, 4.69) is 5.10 Å². The molecule has 1 N–H and O–H groups in total. The topological polar surface area (TPSA) is 78.7 Å². The van der Waals surface area contributed by atoms with Crippen LogP contribution in [0, 0.1) is 5.41 Å². The summed E-state index contributed by atoms with van der Waals surface area (Å²) in [5.41, 5.74) is 0.263. The van der Waals surface area contributed by atoms with Gasteiger partial charge in [-0.2, -0.15) is 5.10 Å². The average Bonchev–Trinajstić information content (AvgIpc) is 2.84. The Labute approximate surface area is 124 Å². The number of carboxylic acids is 1. The first kappa shape index (κ1) is 15.3. The van der Waals surface area contributed by atoms with Crippen LogP contribution in [0.2, 0.25) is 0 Å². The molecule has 0 aromatic carbocycles. The first-order chi connectivity index (χ1) is 9.82. The quantitative estimate of drug-likeness (QED) is 0.907. The lowest BCUT2D eigenvalue weighted by molar-refractivity contribution is -0.150. The molecule has 116 valence electrons. The molecule has 0 bridgehead atoms. The Morgan fingerprint density at radius 3 is 2.52 bits per heavy atom. The number of rotatable bonds is 3. The summed E-state index contributed by atoms with van der Waals surface area (Å²) in [7, 11) is 3.59. The minimum atomic E-state index is -0.779. The summed E-state index contributed by atoms with van der Waals surface area (Å²) < 4.78 is 1.70. The number of hydrogen-bond donors (Lipinski definition) is 1. The van der Waals surface area contributed by atoms with Crippen LogP contribution in [0.15, 0.2) is 12.4 Å². The minimum absolute atomic E-state index is 0.0636. The molecule has 0 radical (unpaired) electrons. The largest absolute Gasteiger partial charge is 0.481 e. The van der Waals surface area contributed by atoms with Gasteiger partial charge in [0, 0.05) is 38.9 Å². The lowest BCUT2D eigenvalue weighted by atomic mass is 9.80. The SMILES string of the molecule is CN(Cc1cnn(C)c1)C(=O)N1CCC(C)(C(=O)O)CC1. The Bertz CT molecular complexity index is 532. The zero-order valence-electron chi connectivity index (χ0n) is 12.7. The lowest BCUT2D eigenvalue weighted by Crippen LogP contribution is -2.48. The van der Waals surface area contributed by atoms with Crippen molar-refractivity contribution in [2.75, 3.05) is 20.1 Å². The summed E-state index contributed by atoms with van der Waals surface area (Å²) in [6, 6.07) is -0.0636. The molecule has 2 amide bonds. The first-order valence-electron chi connectivity index (χ1n) is 7.03. The third-order valence-corrected chi connectivity index (χ3v) is 4.16. The number of aryl methyl sites for hydroxylation is 1. The van der Waals surface area contributed by atoms with E-state index in [0.29, 0.717) is 32.5 Å². The van der Waals surface area contributed by atoms with E-state index in [-0.39, 0.29) is 6.03 Å². The highest BCUT2D eigenvalue weighted by Crippen LogP contribution is 2.31. The number of amides is 2. The molecule has 0 unspecified atom stereocenters. The molecule has 1 aliphatic rings.